The minimum Gasteiger partial charge on any atom is -0.312 e. The summed E-state index contributed by atoms with van der Waals surface area (Å²) in [6, 6.07) is 2.21. The van der Waals surface area contributed by atoms with Gasteiger partial charge in [-0.15, -0.1) is 0 Å². The van der Waals surface area contributed by atoms with Crippen molar-refractivity contribution in [2.24, 2.45) is 5.92 Å². The fraction of sp³-hybridized carbons (Fsp3) is 1.00. The SMILES string of the molecule is CCCNC1CCC(CC)CC1N(C)C1CCCN(C)C1. The van der Waals surface area contributed by atoms with Crippen molar-refractivity contribution in [3.8, 4) is 0 Å². The van der Waals surface area contributed by atoms with Gasteiger partial charge in [0.1, 0.15) is 0 Å². The molecule has 2 rings (SSSR count). The van der Waals surface area contributed by atoms with Crippen molar-refractivity contribution < 1.29 is 0 Å². The zero-order valence-electron chi connectivity index (χ0n) is 14.8. The van der Waals surface area contributed by atoms with Crippen molar-refractivity contribution in [1.82, 2.24) is 15.1 Å². The third-order valence-electron chi connectivity index (χ3n) is 5.86. The Morgan fingerprint density at radius 2 is 2.00 bits per heavy atom. The van der Waals surface area contributed by atoms with Crippen LogP contribution in [-0.4, -0.2) is 61.7 Å². The molecular formula is C18H37N3. The molecule has 124 valence electrons. The van der Waals surface area contributed by atoms with E-state index in [-0.39, 0.29) is 0 Å². The first-order valence-electron chi connectivity index (χ1n) is 9.29. The Morgan fingerprint density at radius 3 is 2.67 bits per heavy atom. The van der Waals surface area contributed by atoms with E-state index in [9.17, 15) is 0 Å². The molecule has 1 N–H and O–H groups in total. The average Bonchev–Trinajstić information content (AvgIpc) is 2.52. The highest BCUT2D eigenvalue weighted by molar-refractivity contribution is 4.93. The number of likely N-dealkylation sites (tertiary alicyclic amines) is 1. The number of nitrogens with one attached hydrogen (secondary N) is 1. The maximum atomic E-state index is 3.84. The molecule has 0 amide bonds. The molecule has 4 unspecified atom stereocenters. The molecule has 0 radical (unpaired) electrons. The predicted octanol–water partition coefficient (Wildman–Crippen LogP) is 2.96. The molecule has 3 heteroatoms. The first-order valence-corrected chi connectivity index (χ1v) is 9.29. The minimum absolute atomic E-state index is 0.713. The summed E-state index contributed by atoms with van der Waals surface area (Å²) >= 11 is 0. The number of hydrogen-bond acceptors (Lipinski definition) is 3. The zero-order valence-corrected chi connectivity index (χ0v) is 14.8. The lowest BCUT2D eigenvalue weighted by molar-refractivity contribution is 0.0491. The molecule has 0 aromatic rings. The Labute approximate surface area is 132 Å². The highest BCUT2D eigenvalue weighted by Crippen LogP contribution is 2.31. The zero-order chi connectivity index (χ0) is 15.2. The smallest absolute Gasteiger partial charge is 0.0252 e. The van der Waals surface area contributed by atoms with Crippen molar-refractivity contribution in [3.63, 3.8) is 0 Å². The lowest BCUT2D eigenvalue weighted by Crippen LogP contribution is -2.57. The molecule has 2 aliphatic rings. The van der Waals surface area contributed by atoms with E-state index < -0.39 is 0 Å². The Morgan fingerprint density at radius 1 is 1.19 bits per heavy atom. The van der Waals surface area contributed by atoms with E-state index in [1.54, 1.807) is 0 Å². The molecule has 1 aliphatic heterocycles. The molecule has 3 nitrogen and oxygen atoms in total. The molecule has 1 aliphatic carbocycles. The molecule has 0 spiro atoms. The summed E-state index contributed by atoms with van der Waals surface area (Å²) in [6.07, 6.45) is 9.54. The van der Waals surface area contributed by atoms with Crippen molar-refractivity contribution in [2.75, 3.05) is 33.7 Å². The molecule has 1 saturated carbocycles. The third-order valence-corrected chi connectivity index (χ3v) is 5.86. The first kappa shape index (κ1) is 17.2. The van der Waals surface area contributed by atoms with E-state index in [0.29, 0.717) is 6.04 Å². The summed E-state index contributed by atoms with van der Waals surface area (Å²) in [4.78, 5) is 5.25. The van der Waals surface area contributed by atoms with Gasteiger partial charge >= 0.3 is 0 Å². The van der Waals surface area contributed by atoms with Crippen LogP contribution in [0.15, 0.2) is 0 Å². The summed E-state index contributed by atoms with van der Waals surface area (Å²) < 4.78 is 0. The van der Waals surface area contributed by atoms with Crippen LogP contribution in [0.2, 0.25) is 0 Å². The third kappa shape index (κ3) is 4.67. The van der Waals surface area contributed by atoms with E-state index in [0.717, 1.165) is 18.0 Å². The maximum absolute atomic E-state index is 3.84. The van der Waals surface area contributed by atoms with Crippen molar-refractivity contribution in [2.45, 2.75) is 76.9 Å². The van der Waals surface area contributed by atoms with Crippen LogP contribution in [0, 0.1) is 5.92 Å². The Hall–Kier alpha value is -0.120. The highest BCUT2D eigenvalue weighted by Gasteiger charge is 2.35. The monoisotopic (exact) mass is 295 g/mol. The summed E-state index contributed by atoms with van der Waals surface area (Å²) in [5, 5.41) is 3.84. The van der Waals surface area contributed by atoms with Crippen LogP contribution in [0.1, 0.15) is 58.8 Å². The number of piperidine rings is 1. The van der Waals surface area contributed by atoms with E-state index in [1.165, 1.54) is 64.6 Å². The fourth-order valence-corrected chi connectivity index (χ4v) is 4.36. The average molecular weight is 296 g/mol. The van der Waals surface area contributed by atoms with Crippen LogP contribution in [0.3, 0.4) is 0 Å². The molecular weight excluding hydrogens is 258 g/mol. The second-order valence-corrected chi connectivity index (χ2v) is 7.44. The summed E-state index contributed by atoms with van der Waals surface area (Å²) in [5.41, 5.74) is 0. The van der Waals surface area contributed by atoms with Gasteiger partial charge in [-0.05, 0) is 71.6 Å². The minimum atomic E-state index is 0.713. The second-order valence-electron chi connectivity index (χ2n) is 7.44. The normalized spacial score (nSPS) is 35.3. The van der Waals surface area contributed by atoms with E-state index >= 15 is 0 Å². The number of likely N-dealkylation sites (N-methyl/N-ethyl adjacent to an activating group) is 2. The van der Waals surface area contributed by atoms with E-state index in [1.807, 2.05) is 0 Å². The highest BCUT2D eigenvalue weighted by atomic mass is 15.2. The van der Waals surface area contributed by atoms with Crippen LogP contribution >= 0.6 is 0 Å². The molecule has 1 heterocycles. The summed E-state index contributed by atoms with van der Waals surface area (Å²) in [6.45, 7) is 8.36. The van der Waals surface area contributed by atoms with E-state index in [4.69, 9.17) is 0 Å². The van der Waals surface area contributed by atoms with Gasteiger partial charge in [0.25, 0.3) is 0 Å². The maximum Gasteiger partial charge on any atom is 0.0252 e. The Balaban J connectivity index is 1.99. The summed E-state index contributed by atoms with van der Waals surface area (Å²) in [7, 11) is 4.68. The Bertz CT molecular complexity index is 294. The van der Waals surface area contributed by atoms with Gasteiger partial charge in [-0.2, -0.15) is 0 Å². The molecule has 1 saturated heterocycles. The van der Waals surface area contributed by atoms with E-state index in [2.05, 4.69) is 43.1 Å². The number of rotatable bonds is 6. The van der Waals surface area contributed by atoms with Crippen LogP contribution in [0.4, 0.5) is 0 Å². The van der Waals surface area contributed by atoms with Crippen LogP contribution < -0.4 is 5.32 Å². The Kier molecular flexibility index (Phi) is 6.97. The van der Waals surface area contributed by atoms with Crippen LogP contribution in [0.5, 0.6) is 0 Å². The second kappa shape index (κ2) is 8.50. The van der Waals surface area contributed by atoms with Gasteiger partial charge < -0.3 is 10.2 Å². The largest absolute Gasteiger partial charge is 0.312 e. The molecule has 4 atom stereocenters. The standard InChI is InChI=1S/C18H37N3/c1-5-11-19-17-10-9-15(6-2)13-18(17)21(4)16-8-7-12-20(3)14-16/h15-19H,5-14H2,1-4H3. The van der Waals surface area contributed by atoms with Crippen LogP contribution in [0.25, 0.3) is 0 Å². The molecule has 0 bridgehead atoms. The lowest BCUT2D eigenvalue weighted by Gasteiger charge is -2.46. The topological polar surface area (TPSA) is 18.5 Å². The van der Waals surface area contributed by atoms with Gasteiger partial charge in [-0.25, -0.2) is 0 Å². The first-order chi connectivity index (χ1) is 10.2. The van der Waals surface area contributed by atoms with Gasteiger partial charge in [-0.1, -0.05) is 20.3 Å². The van der Waals surface area contributed by atoms with Gasteiger partial charge in [0.2, 0.25) is 0 Å². The van der Waals surface area contributed by atoms with Gasteiger partial charge in [0.05, 0.1) is 0 Å². The number of nitrogens with zero attached hydrogens (tertiary/aromatic N) is 2. The number of hydrogen-bond donors (Lipinski definition) is 1. The summed E-state index contributed by atoms with van der Waals surface area (Å²) in [5.74, 6) is 0.943. The van der Waals surface area contributed by atoms with Gasteiger partial charge in [-0.3, -0.25) is 4.90 Å². The quantitative estimate of drug-likeness (QED) is 0.813. The van der Waals surface area contributed by atoms with Gasteiger partial charge in [0.15, 0.2) is 0 Å². The van der Waals surface area contributed by atoms with Crippen molar-refractivity contribution in [1.29, 1.82) is 0 Å². The molecule has 0 aromatic carbocycles. The van der Waals surface area contributed by atoms with Crippen molar-refractivity contribution >= 4 is 0 Å². The van der Waals surface area contributed by atoms with Gasteiger partial charge in [0, 0.05) is 24.7 Å². The molecule has 0 aromatic heterocycles. The molecule has 21 heavy (non-hydrogen) atoms. The van der Waals surface area contributed by atoms with Crippen LogP contribution in [-0.2, 0) is 0 Å². The molecule has 2 fully saturated rings. The van der Waals surface area contributed by atoms with Crippen molar-refractivity contribution in [3.05, 3.63) is 0 Å². The lowest BCUT2D eigenvalue weighted by atomic mass is 9.79. The fourth-order valence-electron chi connectivity index (χ4n) is 4.36. The predicted molar refractivity (Wildman–Crippen MR) is 91.8 cm³/mol.